The van der Waals surface area contributed by atoms with Crippen LogP contribution in [0.15, 0.2) is 0 Å². The van der Waals surface area contributed by atoms with E-state index in [0.29, 0.717) is 6.42 Å². The van der Waals surface area contributed by atoms with Gasteiger partial charge in [-0.2, -0.15) is 0 Å². The van der Waals surface area contributed by atoms with Crippen molar-refractivity contribution in [3.63, 3.8) is 0 Å². The van der Waals surface area contributed by atoms with Gasteiger partial charge in [0.15, 0.2) is 6.23 Å². The van der Waals surface area contributed by atoms with Crippen molar-refractivity contribution in [2.24, 2.45) is 0 Å². The standard InChI is InChI=1S/C12H22N2O3/c1-7(2)13-10-6-11(16)14(9(5)15)12(10)17-8(3)4/h7-8,10,12-13H,6H2,1-5H3/t10-,12+/m0/s1. The Kier molecular flexibility index (Phi) is 4.65. The first-order chi connectivity index (χ1) is 7.82. The van der Waals surface area contributed by atoms with Crippen LogP contribution >= 0.6 is 0 Å². The highest BCUT2D eigenvalue weighted by Gasteiger charge is 2.43. The smallest absolute Gasteiger partial charge is 0.233 e. The number of carbonyl (C=O) groups excluding carboxylic acids is 2. The lowest BCUT2D eigenvalue weighted by molar-refractivity contribution is -0.155. The van der Waals surface area contributed by atoms with Crippen LogP contribution in [0, 0.1) is 0 Å². The second-order valence-electron chi connectivity index (χ2n) is 4.99. The van der Waals surface area contributed by atoms with Crippen molar-refractivity contribution >= 4 is 11.8 Å². The number of amides is 2. The van der Waals surface area contributed by atoms with E-state index in [1.165, 1.54) is 11.8 Å². The third-order valence-corrected chi connectivity index (χ3v) is 2.56. The monoisotopic (exact) mass is 242 g/mol. The zero-order chi connectivity index (χ0) is 13.2. The van der Waals surface area contributed by atoms with Crippen molar-refractivity contribution in [1.29, 1.82) is 0 Å². The largest absolute Gasteiger partial charge is 0.353 e. The lowest BCUT2D eigenvalue weighted by atomic mass is 10.2. The van der Waals surface area contributed by atoms with Crippen LogP contribution in [0.5, 0.6) is 0 Å². The van der Waals surface area contributed by atoms with Crippen LogP contribution in [-0.2, 0) is 14.3 Å². The number of ether oxygens (including phenoxy) is 1. The number of hydrogen-bond donors (Lipinski definition) is 1. The van der Waals surface area contributed by atoms with Gasteiger partial charge in [0.05, 0.1) is 12.1 Å². The zero-order valence-electron chi connectivity index (χ0n) is 11.2. The molecule has 0 unspecified atom stereocenters. The molecule has 2 atom stereocenters. The summed E-state index contributed by atoms with van der Waals surface area (Å²) in [5.41, 5.74) is 0. The number of nitrogens with one attached hydrogen (secondary N) is 1. The SMILES string of the molecule is CC(=O)N1C(=O)C[C@H](NC(C)C)[C@H]1OC(C)C. The molecule has 1 fully saturated rings. The Hall–Kier alpha value is -0.940. The Balaban J connectivity index is 2.84. The molecule has 0 aromatic carbocycles. The van der Waals surface area contributed by atoms with Crippen LogP contribution in [0.2, 0.25) is 0 Å². The molecular weight excluding hydrogens is 220 g/mol. The van der Waals surface area contributed by atoms with Crippen molar-refractivity contribution in [1.82, 2.24) is 10.2 Å². The van der Waals surface area contributed by atoms with Gasteiger partial charge in [0.25, 0.3) is 0 Å². The van der Waals surface area contributed by atoms with Crippen LogP contribution in [-0.4, -0.2) is 41.1 Å². The first kappa shape index (κ1) is 14.1. The molecule has 5 heteroatoms. The molecule has 98 valence electrons. The average Bonchev–Trinajstić information content (AvgIpc) is 2.40. The van der Waals surface area contributed by atoms with Crippen molar-refractivity contribution in [3.05, 3.63) is 0 Å². The summed E-state index contributed by atoms with van der Waals surface area (Å²) in [7, 11) is 0. The fourth-order valence-electron chi connectivity index (χ4n) is 2.07. The van der Waals surface area contributed by atoms with E-state index in [-0.39, 0.29) is 30.0 Å². The van der Waals surface area contributed by atoms with E-state index >= 15 is 0 Å². The quantitative estimate of drug-likeness (QED) is 0.795. The van der Waals surface area contributed by atoms with E-state index in [0.717, 1.165) is 0 Å². The lowest BCUT2D eigenvalue weighted by Gasteiger charge is -2.29. The number of imide groups is 1. The van der Waals surface area contributed by atoms with Crippen molar-refractivity contribution in [2.75, 3.05) is 0 Å². The molecule has 0 radical (unpaired) electrons. The average molecular weight is 242 g/mol. The van der Waals surface area contributed by atoms with Crippen LogP contribution in [0.3, 0.4) is 0 Å². The minimum absolute atomic E-state index is 0.0239. The predicted octanol–water partition coefficient (Wildman–Crippen LogP) is 0.883. The zero-order valence-corrected chi connectivity index (χ0v) is 11.2. The van der Waals surface area contributed by atoms with E-state index in [1.807, 2.05) is 27.7 Å². The maximum atomic E-state index is 11.8. The van der Waals surface area contributed by atoms with E-state index in [1.54, 1.807) is 0 Å². The Bertz CT molecular complexity index is 302. The molecule has 1 saturated heterocycles. The van der Waals surface area contributed by atoms with Gasteiger partial charge in [-0.25, -0.2) is 0 Å². The molecule has 17 heavy (non-hydrogen) atoms. The van der Waals surface area contributed by atoms with Crippen molar-refractivity contribution < 1.29 is 14.3 Å². The third kappa shape index (κ3) is 3.51. The molecule has 0 spiro atoms. The third-order valence-electron chi connectivity index (χ3n) is 2.56. The van der Waals surface area contributed by atoms with E-state index < -0.39 is 6.23 Å². The van der Waals surface area contributed by atoms with Crippen molar-refractivity contribution in [2.45, 2.75) is 65.5 Å². The maximum absolute atomic E-state index is 11.8. The summed E-state index contributed by atoms with van der Waals surface area (Å²) in [5, 5.41) is 3.27. The number of nitrogens with zero attached hydrogens (tertiary/aromatic N) is 1. The molecule has 1 aliphatic rings. The summed E-state index contributed by atoms with van der Waals surface area (Å²) in [6.07, 6.45) is -0.193. The Morgan fingerprint density at radius 2 is 2.00 bits per heavy atom. The molecule has 2 amide bonds. The molecule has 0 aromatic heterocycles. The fourth-order valence-corrected chi connectivity index (χ4v) is 2.07. The van der Waals surface area contributed by atoms with Gasteiger partial charge in [-0.15, -0.1) is 0 Å². The number of carbonyl (C=O) groups is 2. The van der Waals surface area contributed by atoms with Crippen LogP contribution in [0.25, 0.3) is 0 Å². The first-order valence-corrected chi connectivity index (χ1v) is 6.07. The van der Waals surface area contributed by atoms with Gasteiger partial charge in [-0.3, -0.25) is 14.5 Å². The first-order valence-electron chi connectivity index (χ1n) is 6.07. The Morgan fingerprint density at radius 3 is 2.41 bits per heavy atom. The fraction of sp³-hybridized carbons (Fsp3) is 0.833. The molecule has 1 heterocycles. The van der Waals surface area contributed by atoms with E-state index in [2.05, 4.69) is 5.32 Å². The summed E-state index contributed by atoms with van der Waals surface area (Å²) in [6, 6.07) is 0.131. The minimum atomic E-state index is -0.484. The maximum Gasteiger partial charge on any atom is 0.233 e. The number of rotatable bonds is 4. The molecule has 0 aromatic rings. The van der Waals surface area contributed by atoms with Gasteiger partial charge < -0.3 is 10.1 Å². The van der Waals surface area contributed by atoms with Gasteiger partial charge >= 0.3 is 0 Å². The summed E-state index contributed by atoms with van der Waals surface area (Å²) in [4.78, 5) is 24.5. The highest BCUT2D eigenvalue weighted by atomic mass is 16.5. The van der Waals surface area contributed by atoms with E-state index in [9.17, 15) is 9.59 Å². The van der Waals surface area contributed by atoms with Gasteiger partial charge in [0.1, 0.15) is 0 Å². The molecule has 0 aliphatic carbocycles. The molecule has 1 rings (SSSR count). The predicted molar refractivity (Wildman–Crippen MR) is 64.2 cm³/mol. The molecule has 1 N–H and O–H groups in total. The van der Waals surface area contributed by atoms with Gasteiger partial charge in [-0.1, -0.05) is 13.8 Å². The van der Waals surface area contributed by atoms with Crippen LogP contribution < -0.4 is 5.32 Å². The molecule has 5 nitrogen and oxygen atoms in total. The molecule has 0 bridgehead atoms. The molecule has 1 aliphatic heterocycles. The lowest BCUT2D eigenvalue weighted by Crippen LogP contribution is -2.49. The summed E-state index contributed by atoms with van der Waals surface area (Å²) >= 11 is 0. The Morgan fingerprint density at radius 1 is 1.41 bits per heavy atom. The minimum Gasteiger partial charge on any atom is -0.353 e. The number of hydrogen-bond acceptors (Lipinski definition) is 4. The topological polar surface area (TPSA) is 58.6 Å². The second kappa shape index (κ2) is 5.60. The van der Waals surface area contributed by atoms with Crippen LogP contribution in [0.4, 0.5) is 0 Å². The normalized spacial score (nSPS) is 25.1. The second-order valence-corrected chi connectivity index (χ2v) is 4.99. The summed E-state index contributed by atoms with van der Waals surface area (Å²) in [6.45, 7) is 9.20. The summed E-state index contributed by atoms with van der Waals surface area (Å²) in [5.74, 6) is -0.421. The summed E-state index contributed by atoms with van der Waals surface area (Å²) < 4.78 is 5.69. The van der Waals surface area contributed by atoms with Gasteiger partial charge in [0.2, 0.25) is 11.8 Å². The van der Waals surface area contributed by atoms with Crippen molar-refractivity contribution in [3.8, 4) is 0 Å². The van der Waals surface area contributed by atoms with E-state index in [4.69, 9.17) is 4.74 Å². The highest BCUT2D eigenvalue weighted by molar-refractivity contribution is 5.96. The number of likely N-dealkylation sites (tertiary alicyclic amines) is 1. The van der Waals surface area contributed by atoms with Gasteiger partial charge in [0, 0.05) is 19.4 Å². The van der Waals surface area contributed by atoms with Crippen LogP contribution in [0.1, 0.15) is 41.0 Å². The van der Waals surface area contributed by atoms with Gasteiger partial charge in [-0.05, 0) is 13.8 Å². The Labute approximate surface area is 102 Å². The highest BCUT2D eigenvalue weighted by Crippen LogP contribution is 2.22. The molecule has 0 saturated carbocycles. The molecular formula is C12H22N2O3.